The third-order valence-electron chi connectivity index (χ3n) is 2.34. The number of hydrogen-bond donors (Lipinski definition) is 1. The van der Waals surface area contributed by atoms with Crippen molar-refractivity contribution in [1.82, 2.24) is 0 Å². The molecule has 100 valence electrons. The van der Waals surface area contributed by atoms with Gasteiger partial charge in [-0.05, 0) is 37.5 Å². The summed E-state index contributed by atoms with van der Waals surface area (Å²) < 4.78 is 5.47. The number of aryl methyl sites for hydroxylation is 1. The topological polar surface area (TPSA) is 29.5 Å². The first-order valence-electron chi connectivity index (χ1n) is 5.62. The second kappa shape index (κ2) is 10.2. The molecule has 1 atom stereocenters. The summed E-state index contributed by atoms with van der Waals surface area (Å²) in [7, 11) is 0. The molecule has 1 unspecified atom stereocenters. The first-order valence-corrected chi connectivity index (χ1v) is 5.62. The zero-order valence-electron chi connectivity index (χ0n) is 9.57. The Morgan fingerprint density at radius 1 is 1.18 bits per heavy atom. The third kappa shape index (κ3) is 7.01. The van der Waals surface area contributed by atoms with Crippen molar-refractivity contribution >= 4 is 0 Å². The first-order chi connectivity index (χ1) is 7.26. The van der Waals surface area contributed by atoms with Crippen LogP contribution in [0, 0.1) is 0 Å². The molecule has 0 aromatic heterocycles. The van der Waals surface area contributed by atoms with Crippen LogP contribution in [0.2, 0.25) is 0 Å². The molecule has 0 aliphatic carbocycles. The van der Waals surface area contributed by atoms with Gasteiger partial charge in [0, 0.05) is 0 Å². The average Bonchev–Trinajstić information content (AvgIpc) is 2.28. The molecule has 0 fully saturated rings. The highest BCUT2D eigenvalue weighted by Gasteiger charge is 2.01. The SMILES string of the molecule is C.C.CCCCc1ccc(OC(C)CO)cc1. The first kappa shape index (κ1) is 18.3. The fraction of sp³-hybridized carbons (Fsp3) is 0.600. The van der Waals surface area contributed by atoms with E-state index in [4.69, 9.17) is 9.84 Å². The van der Waals surface area contributed by atoms with Crippen LogP contribution in [-0.4, -0.2) is 17.8 Å². The molecular weight excluding hydrogens is 212 g/mol. The zero-order valence-corrected chi connectivity index (χ0v) is 9.57. The summed E-state index contributed by atoms with van der Waals surface area (Å²) in [6, 6.07) is 8.12. The van der Waals surface area contributed by atoms with Crippen molar-refractivity contribution in [2.24, 2.45) is 0 Å². The molecule has 2 nitrogen and oxygen atoms in total. The van der Waals surface area contributed by atoms with Crippen LogP contribution in [0.15, 0.2) is 24.3 Å². The zero-order chi connectivity index (χ0) is 11.1. The molecule has 0 heterocycles. The van der Waals surface area contributed by atoms with Crippen molar-refractivity contribution in [2.75, 3.05) is 6.61 Å². The van der Waals surface area contributed by atoms with Gasteiger partial charge in [0.25, 0.3) is 0 Å². The van der Waals surface area contributed by atoms with Gasteiger partial charge in [-0.15, -0.1) is 0 Å². The molecule has 1 aromatic rings. The van der Waals surface area contributed by atoms with Gasteiger partial charge in [0.1, 0.15) is 11.9 Å². The van der Waals surface area contributed by atoms with Crippen LogP contribution >= 0.6 is 0 Å². The van der Waals surface area contributed by atoms with Crippen molar-refractivity contribution in [1.29, 1.82) is 0 Å². The number of ether oxygens (including phenoxy) is 1. The van der Waals surface area contributed by atoms with E-state index in [0.717, 1.165) is 12.2 Å². The van der Waals surface area contributed by atoms with E-state index < -0.39 is 0 Å². The summed E-state index contributed by atoms with van der Waals surface area (Å²) in [6.07, 6.45) is 3.45. The van der Waals surface area contributed by atoms with Crippen molar-refractivity contribution < 1.29 is 9.84 Å². The van der Waals surface area contributed by atoms with Gasteiger partial charge in [-0.25, -0.2) is 0 Å². The van der Waals surface area contributed by atoms with Crippen molar-refractivity contribution in [3.05, 3.63) is 29.8 Å². The Kier molecular flexibility index (Phi) is 11.0. The van der Waals surface area contributed by atoms with Crippen molar-refractivity contribution in [3.63, 3.8) is 0 Å². The monoisotopic (exact) mass is 240 g/mol. The standard InChI is InChI=1S/C13H20O2.2CH4/c1-3-4-5-12-6-8-13(9-7-12)15-11(2)10-14;;/h6-9,11,14H,3-5,10H2,1-2H3;2*1H4. The molecule has 0 saturated carbocycles. The molecule has 17 heavy (non-hydrogen) atoms. The quantitative estimate of drug-likeness (QED) is 0.812. The Balaban J connectivity index is 0. The molecule has 0 aliphatic heterocycles. The average molecular weight is 240 g/mol. The molecule has 1 rings (SSSR count). The molecule has 1 aromatic carbocycles. The Hall–Kier alpha value is -1.02. The number of aliphatic hydroxyl groups is 1. The molecule has 0 spiro atoms. The van der Waals surface area contributed by atoms with E-state index >= 15 is 0 Å². The molecule has 0 aliphatic rings. The number of unbranched alkanes of at least 4 members (excludes halogenated alkanes) is 1. The lowest BCUT2D eigenvalue weighted by Crippen LogP contribution is -2.16. The number of benzene rings is 1. The molecule has 1 N–H and O–H groups in total. The summed E-state index contributed by atoms with van der Waals surface area (Å²) >= 11 is 0. The van der Waals surface area contributed by atoms with Gasteiger partial charge < -0.3 is 9.84 Å². The smallest absolute Gasteiger partial charge is 0.119 e. The summed E-state index contributed by atoms with van der Waals surface area (Å²) in [5.41, 5.74) is 1.35. The van der Waals surface area contributed by atoms with Crippen LogP contribution in [-0.2, 0) is 6.42 Å². The lowest BCUT2D eigenvalue weighted by atomic mass is 10.1. The predicted octanol–water partition coefficient (Wildman–Crippen LogP) is 4.06. The second-order valence-corrected chi connectivity index (χ2v) is 3.86. The van der Waals surface area contributed by atoms with E-state index in [9.17, 15) is 0 Å². The van der Waals surface area contributed by atoms with Crippen LogP contribution in [0.25, 0.3) is 0 Å². The summed E-state index contributed by atoms with van der Waals surface area (Å²) in [5.74, 6) is 0.830. The minimum atomic E-state index is -0.133. The minimum Gasteiger partial charge on any atom is -0.488 e. The van der Waals surface area contributed by atoms with Crippen LogP contribution in [0.5, 0.6) is 5.75 Å². The summed E-state index contributed by atoms with van der Waals surface area (Å²) in [4.78, 5) is 0. The minimum absolute atomic E-state index is 0. The maximum absolute atomic E-state index is 8.84. The summed E-state index contributed by atoms with van der Waals surface area (Å²) in [5, 5.41) is 8.84. The van der Waals surface area contributed by atoms with E-state index in [0.29, 0.717) is 0 Å². The lowest BCUT2D eigenvalue weighted by molar-refractivity contribution is 0.129. The van der Waals surface area contributed by atoms with E-state index in [-0.39, 0.29) is 27.6 Å². The Bertz CT molecular complexity index is 267. The van der Waals surface area contributed by atoms with Crippen LogP contribution < -0.4 is 4.74 Å². The molecule has 0 saturated heterocycles. The predicted molar refractivity (Wildman–Crippen MR) is 75.7 cm³/mol. The highest BCUT2D eigenvalue weighted by Crippen LogP contribution is 2.15. The lowest BCUT2D eigenvalue weighted by Gasteiger charge is -2.12. The maximum Gasteiger partial charge on any atom is 0.119 e. The van der Waals surface area contributed by atoms with Crippen LogP contribution in [0.1, 0.15) is 47.1 Å². The van der Waals surface area contributed by atoms with Gasteiger partial charge in [-0.1, -0.05) is 40.3 Å². The molecule has 0 radical (unpaired) electrons. The Morgan fingerprint density at radius 2 is 1.76 bits per heavy atom. The summed E-state index contributed by atoms with van der Waals surface area (Å²) in [6.45, 7) is 4.10. The largest absolute Gasteiger partial charge is 0.488 e. The van der Waals surface area contributed by atoms with Gasteiger partial charge >= 0.3 is 0 Å². The number of aliphatic hydroxyl groups excluding tert-OH is 1. The van der Waals surface area contributed by atoms with E-state index in [1.807, 2.05) is 19.1 Å². The van der Waals surface area contributed by atoms with Crippen molar-refractivity contribution in [2.45, 2.75) is 54.1 Å². The fourth-order valence-corrected chi connectivity index (χ4v) is 1.39. The Morgan fingerprint density at radius 3 is 2.24 bits per heavy atom. The van der Waals surface area contributed by atoms with Crippen LogP contribution in [0.4, 0.5) is 0 Å². The normalized spacial score (nSPS) is 11.0. The molecule has 0 amide bonds. The maximum atomic E-state index is 8.84. The van der Waals surface area contributed by atoms with Gasteiger partial charge in [-0.2, -0.15) is 0 Å². The van der Waals surface area contributed by atoms with Gasteiger partial charge in [0.05, 0.1) is 6.61 Å². The molecular formula is C15H28O2. The highest BCUT2D eigenvalue weighted by atomic mass is 16.5. The van der Waals surface area contributed by atoms with E-state index in [1.165, 1.54) is 18.4 Å². The van der Waals surface area contributed by atoms with E-state index in [2.05, 4.69) is 19.1 Å². The third-order valence-corrected chi connectivity index (χ3v) is 2.34. The molecule has 2 heteroatoms. The highest BCUT2D eigenvalue weighted by molar-refractivity contribution is 5.27. The second-order valence-electron chi connectivity index (χ2n) is 3.86. The van der Waals surface area contributed by atoms with Gasteiger partial charge in [-0.3, -0.25) is 0 Å². The number of rotatable bonds is 6. The molecule has 0 bridgehead atoms. The van der Waals surface area contributed by atoms with Crippen molar-refractivity contribution in [3.8, 4) is 5.75 Å². The fourth-order valence-electron chi connectivity index (χ4n) is 1.39. The van der Waals surface area contributed by atoms with Gasteiger partial charge in [0.15, 0.2) is 0 Å². The van der Waals surface area contributed by atoms with Crippen LogP contribution in [0.3, 0.4) is 0 Å². The van der Waals surface area contributed by atoms with E-state index in [1.54, 1.807) is 0 Å². The van der Waals surface area contributed by atoms with Gasteiger partial charge in [0.2, 0.25) is 0 Å². The number of hydrogen-bond acceptors (Lipinski definition) is 2. The Labute approximate surface area is 107 Å².